The minimum Gasteiger partial charge on any atom is -0.310 e. The number of rotatable bonds is 7. The molecule has 3 heteroatoms. The predicted octanol–water partition coefficient (Wildman–Crippen LogP) is 3.99. The summed E-state index contributed by atoms with van der Waals surface area (Å²) in [5, 5.41) is 4.25. The van der Waals surface area contributed by atoms with Crippen molar-refractivity contribution in [1.29, 1.82) is 0 Å². The summed E-state index contributed by atoms with van der Waals surface area (Å²) in [6, 6.07) is 8.28. The molecule has 1 rings (SSSR count). The number of hydrogen-bond acceptors (Lipinski definition) is 2. The maximum Gasteiger partial charge on any atom is 0.0541 e. The summed E-state index contributed by atoms with van der Waals surface area (Å²) in [6.07, 6.45) is 3.10. The highest BCUT2D eigenvalue weighted by Crippen LogP contribution is 2.26. The van der Waals surface area contributed by atoms with Gasteiger partial charge in [-0.05, 0) is 25.1 Å². The van der Waals surface area contributed by atoms with Crippen LogP contribution in [0.3, 0.4) is 0 Å². The van der Waals surface area contributed by atoms with Gasteiger partial charge in [-0.15, -0.1) is 18.3 Å². The first-order valence-electron chi connectivity index (χ1n) is 5.51. The van der Waals surface area contributed by atoms with E-state index in [0.29, 0.717) is 6.04 Å². The molecule has 1 N–H and O–H groups in total. The molecule has 1 aromatic carbocycles. The Labute approximate surface area is 107 Å². The quantitative estimate of drug-likeness (QED) is 0.584. The van der Waals surface area contributed by atoms with Gasteiger partial charge >= 0.3 is 0 Å². The molecular weight excluding hydrogens is 238 g/mol. The summed E-state index contributed by atoms with van der Waals surface area (Å²) < 4.78 is 0. The van der Waals surface area contributed by atoms with Gasteiger partial charge in [-0.3, -0.25) is 0 Å². The molecule has 0 aliphatic carbocycles. The number of benzene rings is 1. The molecule has 0 spiro atoms. The summed E-state index contributed by atoms with van der Waals surface area (Å²) in [6.45, 7) is 7.03. The zero-order valence-corrected chi connectivity index (χ0v) is 11.2. The summed E-state index contributed by atoms with van der Waals surface area (Å²) in [7, 11) is 0. The first kappa shape index (κ1) is 13.6. The van der Waals surface area contributed by atoms with E-state index in [-0.39, 0.29) is 0 Å². The monoisotopic (exact) mass is 255 g/mol. The highest BCUT2D eigenvalue weighted by atomic mass is 35.5. The molecule has 1 atom stereocenters. The van der Waals surface area contributed by atoms with E-state index in [4.69, 9.17) is 11.6 Å². The van der Waals surface area contributed by atoms with Crippen molar-refractivity contribution in [2.45, 2.75) is 24.3 Å². The van der Waals surface area contributed by atoms with Gasteiger partial charge in [-0.25, -0.2) is 0 Å². The summed E-state index contributed by atoms with van der Waals surface area (Å²) in [4.78, 5) is 1.13. The van der Waals surface area contributed by atoms with Crippen LogP contribution in [0.2, 0.25) is 5.02 Å². The molecule has 88 valence electrons. The van der Waals surface area contributed by atoms with Crippen LogP contribution in [0, 0.1) is 0 Å². The Morgan fingerprint density at radius 3 is 2.88 bits per heavy atom. The van der Waals surface area contributed by atoms with Gasteiger partial charge in [0.1, 0.15) is 0 Å². The molecule has 1 unspecified atom stereocenters. The second kappa shape index (κ2) is 7.77. The second-order valence-corrected chi connectivity index (χ2v) is 5.01. The van der Waals surface area contributed by atoms with E-state index in [2.05, 4.69) is 18.8 Å². The van der Waals surface area contributed by atoms with Gasteiger partial charge in [0.05, 0.1) is 5.02 Å². The van der Waals surface area contributed by atoms with Crippen LogP contribution < -0.4 is 5.32 Å². The Morgan fingerprint density at radius 2 is 2.25 bits per heavy atom. The molecule has 0 aliphatic rings. The SMILES string of the molecule is C=CC(CSc1ccccc1Cl)NCCC. The molecule has 0 fully saturated rings. The molecule has 0 radical (unpaired) electrons. The fourth-order valence-electron chi connectivity index (χ4n) is 1.28. The Hall–Kier alpha value is -0.440. The van der Waals surface area contributed by atoms with E-state index in [0.717, 1.165) is 28.6 Å². The van der Waals surface area contributed by atoms with Gasteiger partial charge in [-0.1, -0.05) is 36.7 Å². The minimum absolute atomic E-state index is 0.348. The molecule has 16 heavy (non-hydrogen) atoms. The Balaban J connectivity index is 2.43. The van der Waals surface area contributed by atoms with E-state index in [9.17, 15) is 0 Å². The first-order valence-corrected chi connectivity index (χ1v) is 6.87. The average Bonchev–Trinajstić information content (AvgIpc) is 2.31. The van der Waals surface area contributed by atoms with E-state index in [1.807, 2.05) is 30.3 Å². The molecule has 0 bridgehead atoms. The lowest BCUT2D eigenvalue weighted by Gasteiger charge is -2.14. The lowest BCUT2D eigenvalue weighted by atomic mass is 10.3. The maximum absolute atomic E-state index is 6.09. The Morgan fingerprint density at radius 1 is 1.50 bits per heavy atom. The van der Waals surface area contributed by atoms with Gasteiger partial charge < -0.3 is 5.32 Å². The standard InChI is InChI=1S/C13H18ClNS/c1-3-9-15-11(4-2)10-16-13-8-6-5-7-12(13)14/h4-8,11,15H,2-3,9-10H2,1H3. The molecular formula is C13H18ClNS. The van der Waals surface area contributed by atoms with Crippen molar-refractivity contribution in [3.8, 4) is 0 Å². The van der Waals surface area contributed by atoms with Crippen LogP contribution in [0.1, 0.15) is 13.3 Å². The molecule has 0 aliphatic heterocycles. The molecule has 0 aromatic heterocycles. The van der Waals surface area contributed by atoms with E-state index in [1.165, 1.54) is 0 Å². The number of hydrogen-bond donors (Lipinski definition) is 1. The summed E-state index contributed by atoms with van der Waals surface area (Å²) >= 11 is 7.85. The van der Waals surface area contributed by atoms with Crippen molar-refractivity contribution < 1.29 is 0 Å². The zero-order valence-electron chi connectivity index (χ0n) is 9.58. The number of halogens is 1. The van der Waals surface area contributed by atoms with Gasteiger partial charge in [0, 0.05) is 16.7 Å². The number of nitrogens with one attached hydrogen (secondary N) is 1. The lowest BCUT2D eigenvalue weighted by Crippen LogP contribution is -2.29. The van der Waals surface area contributed by atoms with Gasteiger partial charge in [-0.2, -0.15) is 0 Å². The van der Waals surface area contributed by atoms with Gasteiger partial charge in [0.15, 0.2) is 0 Å². The highest BCUT2D eigenvalue weighted by Gasteiger charge is 2.05. The van der Waals surface area contributed by atoms with Crippen LogP contribution in [0.15, 0.2) is 41.8 Å². The molecule has 1 aromatic rings. The summed E-state index contributed by atoms with van der Waals surface area (Å²) in [5.74, 6) is 0.966. The van der Waals surface area contributed by atoms with Crippen molar-refractivity contribution in [2.24, 2.45) is 0 Å². The van der Waals surface area contributed by atoms with Crippen molar-refractivity contribution in [2.75, 3.05) is 12.3 Å². The van der Waals surface area contributed by atoms with E-state index in [1.54, 1.807) is 11.8 Å². The number of thioether (sulfide) groups is 1. The van der Waals surface area contributed by atoms with Crippen LogP contribution in [0.5, 0.6) is 0 Å². The van der Waals surface area contributed by atoms with Crippen molar-refractivity contribution in [3.05, 3.63) is 41.9 Å². The third kappa shape index (κ3) is 4.60. The second-order valence-electron chi connectivity index (χ2n) is 3.54. The van der Waals surface area contributed by atoms with Crippen LogP contribution in [0.25, 0.3) is 0 Å². The summed E-state index contributed by atoms with van der Waals surface area (Å²) in [5.41, 5.74) is 0. The van der Waals surface area contributed by atoms with Gasteiger partial charge in [0.25, 0.3) is 0 Å². The normalized spacial score (nSPS) is 12.4. The van der Waals surface area contributed by atoms with Crippen LogP contribution >= 0.6 is 23.4 Å². The van der Waals surface area contributed by atoms with Crippen molar-refractivity contribution in [3.63, 3.8) is 0 Å². The maximum atomic E-state index is 6.09. The smallest absolute Gasteiger partial charge is 0.0541 e. The fourth-order valence-corrected chi connectivity index (χ4v) is 2.57. The Kier molecular flexibility index (Phi) is 6.62. The first-order chi connectivity index (χ1) is 7.77. The topological polar surface area (TPSA) is 12.0 Å². The van der Waals surface area contributed by atoms with Crippen LogP contribution in [-0.4, -0.2) is 18.3 Å². The van der Waals surface area contributed by atoms with Gasteiger partial charge in [0.2, 0.25) is 0 Å². The largest absolute Gasteiger partial charge is 0.310 e. The third-order valence-electron chi connectivity index (χ3n) is 2.20. The lowest BCUT2D eigenvalue weighted by molar-refractivity contribution is 0.630. The van der Waals surface area contributed by atoms with Crippen molar-refractivity contribution >= 4 is 23.4 Å². The molecule has 0 amide bonds. The predicted molar refractivity (Wildman–Crippen MR) is 74.5 cm³/mol. The van der Waals surface area contributed by atoms with E-state index < -0.39 is 0 Å². The third-order valence-corrected chi connectivity index (χ3v) is 3.83. The van der Waals surface area contributed by atoms with Crippen molar-refractivity contribution in [1.82, 2.24) is 5.32 Å². The molecule has 1 nitrogen and oxygen atoms in total. The molecule has 0 heterocycles. The average molecular weight is 256 g/mol. The zero-order chi connectivity index (χ0) is 11.8. The minimum atomic E-state index is 0.348. The van der Waals surface area contributed by atoms with Crippen LogP contribution in [-0.2, 0) is 0 Å². The highest BCUT2D eigenvalue weighted by molar-refractivity contribution is 7.99. The fraction of sp³-hybridized carbons (Fsp3) is 0.385. The van der Waals surface area contributed by atoms with E-state index >= 15 is 0 Å². The van der Waals surface area contributed by atoms with Crippen LogP contribution in [0.4, 0.5) is 0 Å². The molecule has 0 saturated carbocycles. The Bertz CT molecular complexity index is 327. The molecule has 0 saturated heterocycles.